The summed E-state index contributed by atoms with van der Waals surface area (Å²) >= 11 is 1.53. The van der Waals surface area contributed by atoms with Crippen molar-refractivity contribution in [1.29, 1.82) is 0 Å². The summed E-state index contributed by atoms with van der Waals surface area (Å²) in [6.45, 7) is 2.72. The number of carbonyl (C=O) groups excluding carboxylic acids is 1. The molecule has 0 saturated heterocycles. The van der Waals surface area contributed by atoms with Gasteiger partial charge < -0.3 is 0 Å². The Morgan fingerprint density at radius 1 is 1.00 bits per heavy atom. The molecule has 0 fully saturated rings. The number of benzene rings is 2. The maximum absolute atomic E-state index is 13.2. The van der Waals surface area contributed by atoms with Crippen molar-refractivity contribution in [3.63, 3.8) is 0 Å². The average Bonchev–Trinajstić information content (AvgIpc) is 3.11. The summed E-state index contributed by atoms with van der Waals surface area (Å²) < 4.78 is 1.07. The van der Waals surface area contributed by atoms with Gasteiger partial charge in [-0.25, -0.2) is 9.97 Å². The van der Waals surface area contributed by atoms with Crippen molar-refractivity contribution in [3.05, 3.63) is 60.4 Å². The zero-order valence-corrected chi connectivity index (χ0v) is 15.2. The zero-order valence-electron chi connectivity index (χ0n) is 14.4. The molecular weight excluding hydrogens is 344 g/mol. The third-order valence-electron chi connectivity index (χ3n) is 4.16. The molecule has 2 aromatic carbocycles. The van der Waals surface area contributed by atoms with Crippen molar-refractivity contribution in [3.8, 4) is 0 Å². The van der Waals surface area contributed by atoms with Gasteiger partial charge in [0.25, 0.3) is 5.91 Å². The summed E-state index contributed by atoms with van der Waals surface area (Å²) in [5.74, 6) is -0.157. The number of unbranched alkanes of at least 4 members (excludes halogenated alkanes) is 1. The third-order valence-corrected chi connectivity index (χ3v) is 5.22. The van der Waals surface area contributed by atoms with E-state index in [0.29, 0.717) is 17.4 Å². The van der Waals surface area contributed by atoms with Gasteiger partial charge in [-0.2, -0.15) is 0 Å². The molecule has 0 aliphatic carbocycles. The van der Waals surface area contributed by atoms with Gasteiger partial charge in [0.2, 0.25) is 0 Å². The smallest absolute Gasteiger partial charge is 0.280 e. The Balaban J connectivity index is 1.73. The summed E-state index contributed by atoms with van der Waals surface area (Å²) in [6.07, 6.45) is 3.46. The molecule has 0 atom stereocenters. The minimum absolute atomic E-state index is 0.157. The van der Waals surface area contributed by atoms with E-state index in [1.807, 2.05) is 48.5 Å². The van der Waals surface area contributed by atoms with E-state index in [1.165, 1.54) is 11.3 Å². The van der Waals surface area contributed by atoms with Crippen LogP contribution in [0.25, 0.3) is 21.3 Å². The van der Waals surface area contributed by atoms with Crippen molar-refractivity contribution in [1.82, 2.24) is 15.0 Å². The van der Waals surface area contributed by atoms with Gasteiger partial charge in [-0.3, -0.25) is 14.7 Å². The molecule has 0 unspecified atom stereocenters. The first-order chi connectivity index (χ1) is 12.8. The lowest BCUT2D eigenvalue weighted by Gasteiger charge is -2.19. The Morgan fingerprint density at radius 2 is 1.73 bits per heavy atom. The molecule has 4 rings (SSSR count). The topological polar surface area (TPSA) is 59.0 Å². The van der Waals surface area contributed by atoms with Crippen LogP contribution in [0.3, 0.4) is 0 Å². The molecule has 2 heterocycles. The second-order valence-electron chi connectivity index (χ2n) is 6.02. The normalized spacial score (nSPS) is 11.1. The van der Waals surface area contributed by atoms with Crippen LogP contribution in [0.5, 0.6) is 0 Å². The van der Waals surface area contributed by atoms with Crippen LogP contribution >= 0.6 is 11.3 Å². The molecule has 0 aliphatic rings. The number of para-hydroxylation sites is 3. The van der Waals surface area contributed by atoms with Crippen LogP contribution < -0.4 is 4.90 Å². The summed E-state index contributed by atoms with van der Waals surface area (Å²) in [6, 6.07) is 15.5. The molecule has 0 saturated carbocycles. The van der Waals surface area contributed by atoms with E-state index in [0.717, 1.165) is 34.1 Å². The highest BCUT2D eigenvalue weighted by molar-refractivity contribution is 7.22. The Labute approximate surface area is 155 Å². The van der Waals surface area contributed by atoms with Gasteiger partial charge in [-0.05, 0) is 30.7 Å². The lowest BCUT2D eigenvalue weighted by atomic mass is 10.2. The number of amides is 1. The minimum Gasteiger partial charge on any atom is -0.283 e. The van der Waals surface area contributed by atoms with Gasteiger partial charge in [0.05, 0.1) is 27.4 Å². The van der Waals surface area contributed by atoms with E-state index in [4.69, 9.17) is 0 Å². The number of thiazole rings is 1. The number of nitrogens with zero attached hydrogens (tertiary/aromatic N) is 4. The Bertz CT molecular complexity index is 1040. The molecule has 6 heteroatoms. The Hall–Kier alpha value is -2.86. The highest BCUT2D eigenvalue weighted by Gasteiger charge is 2.22. The van der Waals surface area contributed by atoms with Crippen LogP contribution in [0.15, 0.2) is 54.7 Å². The third kappa shape index (κ3) is 3.15. The molecule has 2 aromatic heterocycles. The van der Waals surface area contributed by atoms with Crippen LogP contribution in [-0.2, 0) is 0 Å². The molecule has 26 heavy (non-hydrogen) atoms. The second-order valence-corrected chi connectivity index (χ2v) is 7.03. The molecule has 0 spiro atoms. The van der Waals surface area contributed by atoms with Gasteiger partial charge in [0.15, 0.2) is 5.13 Å². The van der Waals surface area contributed by atoms with Gasteiger partial charge in [0.1, 0.15) is 5.69 Å². The number of hydrogen-bond acceptors (Lipinski definition) is 5. The van der Waals surface area contributed by atoms with Crippen molar-refractivity contribution in [2.45, 2.75) is 19.8 Å². The highest BCUT2D eigenvalue weighted by Crippen LogP contribution is 2.29. The first kappa shape index (κ1) is 16.6. The number of hydrogen-bond donors (Lipinski definition) is 0. The van der Waals surface area contributed by atoms with E-state index in [9.17, 15) is 4.79 Å². The molecule has 0 bridgehead atoms. The quantitative estimate of drug-likeness (QED) is 0.517. The van der Waals surface area contributed by atoms with E-state index in [1.54, 1.807) is 11.1 Å². The summed E-state index contributed by atoms with van der Waals surface area (Å²) in [7, 11) is 0. The van der Waals surface area contributed by atoms with Crippen molar-refractivity contribution >= 4 is 43.6 Å². The summed E-state index contributed by atoms with van der Waals surface area (Å²) in [4.78, 5) is 28.4. The van der Waals surface area contributed by atoms with E-state index >= 15 is 0 Å². The molecule has 4 aromatic rings. The Morgan fingerprint density at radius 3 is 2.50 bits per heavy atom. The molecule has 1 amide bonds. The molecule has 0 N–H and O–H groups in total. The first-order valence-corrected chi connectivity index (χ1v) is 9.47. The first-order valence-electron chi connectivity index (χ1n) is 8.65. The molecular formula is C20H18N4OS. The molecule has 5 nitrogen and oxygen atoms in total. The predicted molar refractivity (Wildman–Crippen MR) is 106 cm³/mol. The van der Waals surface area contributed by atoms with Crippen LogP contribution in [0.2, 0.25) is 0 Å². The average molecular weight is 362 g/mol. The minimum atomic E-state index is -0.157. The molecule has 0 aliphatic heterocycles. The lowest BCUT2D eigenvalue weighted by Crippen LogP contribution is -2.32. The number of rotatable bonds is 5. The fourth-order valence-electron chi connectivity index (χ4n) is 2.77. The van der Waals surface area contributed by atoms with E-state index < -0.39 is 0 Å². The predicted octanol–water partition coefficient (Wildman–Crippen LogP) is 4.69. The maximum atomic E-state index is 13.2. The number of anilines is 1. The van der Waals surface area contributed by atoms with Gasteiger partial charge >= 0.3 is 0 Å². The van der Waals surface area contributed by atoms with Gasteiger partial charge in [-0.15, -0.1) is 0 Å². The fraction of sp³-hybridized carbons (Fsp3) is 0.200. The number of fused-ring (bicyclic) bond motifs is 2. The van der Waals surface area contributed by atoms with Gasteiger partial charge in [0, 0.05) is 6.54 Å². The molecule has 0 radical (unpaired) electrons. The Kier molecular flexibility index (Phi) is 4.58. The monoisotopic (exact) mass is 362 g/mol. The lowest BCUT2D eigenvalue weighted by molar-refractivity contribution is 0.0982. The van der Waals surface area contributed by atoms with Crippen molar-refractivity contribution in [2.24, 2.45) is 0 Å². The SMILES string of the molecule is CCCCN(C(=O)c1cnc2ccccc2n1)c1nc2ccccc2s1. The standard InChI is InChI=1S/C20H18N4OS/c1-2-3-12-24(20-23-16-10-6-7-11-18(16)26-20)19(25)17-13-21-14-8-4-5-9-15(14)22-17/h4-11,13H,2-3,12H2,1H3. The van der Waals surface area contributed by atoms with E-state index in [-0.39, 0.29) is 5.91 Å². The van der Waals surface area contributed by atoms with Crippen LogP contribution in [0, 0.1) is 0 Å². The zero-order chi connectivity index (χ0) is 17.9. The van der Waals surface area contributed by atoms with Crippen molar-refractivity contribution < 1.29 is 4.79 Å². The van der Waals surface area contributed by atoms with Crippen molar-refractivity contribution in [2.75, 3.05) is 11.4 Å². The van der Waals surface area contributed by atoms with Gasteiger partial charge in [-0.1, -0.05) is 48.9 Å². The summed E-state index contributed by atoms with van der Waals surface area (Å²) in [5, 5.41) is 0.708. The van der Waals surface area contributed by atoms with E-state index in [2.05, 4.69) is 21.9 Å². The molecule has 130 valence electrons. The summed E-state index contributed by atoms with van der Waals surface area (Å²) in [5.41, 5.74) is 2.76. The second kappa shape index (κ2) is 7.17. The van der Waals surface area contributed by atoms with Crippen LogP contribution in [0.4, 0.5) is 5.13 Å². The van der Waals surface area contributed by atoms with Crippen LogP contribution in [-0.4, -0.2) is 27.4 Å². The number of carbonyl (C=O) groups is 1. The largest absolute Gasteiger partial charge is 0.283 e. The highest BCUT2D eigenvalue weighted by atomic mass is 32.1. The number of aromatic nitrogens is 3. The fourth-order valence-corrected chi connectivity index (χ4v) is 3.76. The maximum Gasteiger partial charge on any atom is 0.280 e. The van der Waals surface area contributed by atoms with Crippen LogP contribution in [0.1, 0.15) is 30.3 Å².